The first-order chi connectivity index (χ1) is 10.4. The highest BCUT2D eigenvalue weighted by molar-refractivity contribution is 5.84. The average molecular weight is 306 g/mol. The number of rotatable bonds is 5. The van der Waals surface area contributed by atoms with Gasteiger partial charge in [0.2, 0.25) is 5.91 Å². The Kier molecular flexibility index (Phi) is 3.19. The summed E-state index contributed by atoms with van der Waals surface area (Å²) in [4.78, 5) is 32.2. The number of carbonyl (C=O) groups excluding carboxylic acids is 1. The van der Waals surface area contributed by atoms with Crippen molar-refractivity contribution in [2.24, 2.45) is 11.3 Å². The first-order valence-electron chi connectivity index (χ1n) is 6.92. The Morgan fingerprint density at radius 2 is 1.95 bits per heavy atom. The number of benzene rings is 1. The van der Waals surface area contributed by atoms with E-state index in [2.05, 4.69) is 10.9 Å². The summed E-state index contributed by atoms with van der Waals surface area (Å²) in [5.41, 5.74) is 4.32. The fourth-order valence-corrected chi connectivity index (χ4v) is 3.01. The minimum Gasteiger partial charge on any atom is -0.292 e. The molecule has 2 aliphatic carbocycles. The SMILES string of the molecule is O=C(NNc1ccc([N+](=O)[O-])cc1[N+](=O)[O-])C1CC12CCC2. The molecule has 9 heteroatoms. The summed E-state index contributed by atoms with van der Waals surface area (Å²) in [6.45, 7) is 0. The smallest absolute Gasteiger partial charge is 0.292 e. The molecule has 2 N–H and O–H groups in total. The number of nitrogens with zero attached hydrogens (tertiary/aromatic N) is 2. The van der Waals surface area contributed by atoms with E-state index in [1.165, 1.54) is 6.07 Å². The van der Waals surface area contributed by atoms with Gasteiger partial charge in [-0.1, -0.05) is 6.42 Å². The number of carbonyl (C=O) groups is 1. The zero-order chi connectivity index (χ0) is 15.9. The van der Waals surface area contributed by atoms with Gasteiger partial charge in [-0.3, -0.25) is 35.9 Å². The molecule has 2 fully saturated rings. The quantitative estimate of drug-likeness (QED) is 0.633. The molecule has 1 aromatic rings. The molecule has 0 aromatic heterocycles. The normalized spacial score (nSPS) is 20.8. The largest absolute Gasteiger partial charge is 0.300 e. The molecule has 0 radical (unpaired) electrons. The van der Waals surface area contributed by atoms with Crippen molar-refractivity contribution in [3.63, 3.8) is 0 Å². The Bertz CT molecular complexity index is 670. The fourth-order valence-electron chi connectivity index (χ4n) is 3.01. The molecule has 0 aliphatic heterocycles. The Morgan fingerprint density at radius 1 is 1.23 bits per heavy atom. The minimum atomic E-state index is -0.730. The van der Waals surface area contributed by atoms with Crippen LogP contribution in [0.2, 0.25) is 0 Å². The van der Waals surface area contributed by atoms with E-state index in [9.17, 15) is 25.0 Å². The third kappa shape index (κ3) is 2.34. The predicted octanol–water partition coefficient (Wildman–Crippen LogP) is 2.14. The number of nitro groups is 2. The number of anilines is 1. The van der Waals surface area contributed by atoms with Gasteiger partial charge in [0.15, 0.2) is 0 Å². The second kappa shape index (κ2) is 4.93. The van der Waals surface area contributed by atoms with Crippen LogP contribution in [0.15, 0.2) is 18.2 Å². The Balaban J connectivity index is 1.68. The van der Waals surface area contributed by atoms with Gasteiger partial charge in [0.25, 0.3) is 5.69 Å². The lowest BCUT2D eigenvalue weighted by molar-refractivity contribution is -0.393. The number of nitrogens with one attached hydrogen (secondary N) is 2. The second-order valence-electron chi connectivity index (χ2n) is 5.80. The molecule has 1 spiro atoms. The number of non-ortho nitro benzene ring substituents is 1. The number of hydrazine groups is 1. The van der Waals surface area contributed by atoms with E-state index in [1.807, 2.05) is 0 Å². The van der Waals surface area contributed by atoms with Crippen molar-refractivity contribution in [1.82, 2.24) is 5.43 Å². The van der Waals surface area contributed by atoms with E-state index in [0.717, 1.165) is 37.8 Å². The highest BCUT2D eigenvalue weighted by Gasteiger charge is 2.60. The maximum atomic E-state index is 12.0. The average Bonchev–Trinajstić information content (AvgIpc) is 3.20. The van der Waals surface area contributed by atoms with Crippen LogP contribution in [0.3, 0.4) is 0 Å². The van der Waals surface area contributed by atoms with Crippen LogP contribution in [0.4, 0.5) is 17.1 Å². The van der Waals surface area contributed by atoms with Crippen LogP contribution in [0, 0.1) is 31.6 Å². The van der Waals surface area contributed by atoms with Gasteiger partial charge in [-0.2, -0.15) is 0 Å². The molecule has 3 rings (SSSR count). The van der Waals surface area contributed by atoms with Gasteiger partial charge in [0, 0.05) is 12.0 Å². The Morgan fingerprint density at radius 3 is 2.45 bits per heavy atom. The van der Waals surface area contributed by atoms with Crippen molar-refractivity contribution in [1.29, 1.82) is 0 Å². The monoisotopic (exact) mass is 306 g/mol. The summed E-state index contributed by atoms with van der Waals surface area (Å²) in [6, 6.07) is 3.22. The van der Waals surface area contributed by atoms with Crippen LogP contribution in [0.1, 0.15) is 25.7 Å². The number of nitro benzene ring substituents is 2. The van der Waals surface area contributed by atoms with Gasteiger partial charge in [0.1, 0.15) is 5.69 Å². The van der Waals surface area contributed by atoms with Crippen LogP contribution in [-0.2, 0) is 4.79 Å². The Labute approximate surface area is 125 Å². The molecule has 116 valence electrons. The zero-order valence-electron chi connectivity index (χ0n) is 11.6. The maximum Gasteiger partial charge on any atom is 0.300 e. The van der Waals surface area contributed by atoms with Crippen molar-refractivity contribution >= 4 is 23.0 Å². The third-order valence-corrected chi connectivity index (χ3v) is 4.56. The molecule has 0 saturated heterocycles. The van der Waals surface area contributed by atoms with Crippen molar-refractivity contribution in [3.05, 3.63) is 38.4 Å². The Hall–Kier alpha value is -2.71. The lowest BCUT2D eigenvalue weighted by atomic mass is 9.80. The standard InChI is InChI=1S/C13H14N4O5/c18-12(9-7-13(9)4-1-5-13)15-14-10-3-2-8(16(19)20)6-11(10)17(21)22/h2-3,6,9,14H,1,4-5,7H2,(H,15,18). The van der Waals surface area contributed by atoms with E-state index in [1.54, 1.807) is 0 Å². The molecule has 2 aliphatic rings. The summed E-state index contributed by atoms with van der Waals surface area (Å²) >= 11 is 0. The molecule has 22 heavy (non-hydrogen) atoms. The number of amides is 1. The van der Waals surface area contributed by atoms with E-state index in [-0.39, 0.29) is 28.6 Å². The van der Waals surface area contributed by atoms with Crippen LogP contribution in [0.25, 0.3) is 0 Å². The fraction of sp³-hybridized carbons (Fsp3) is 0.462. The molecule has 1 atom stereocenters. The minimum absolute atomic E-state index is 0.0206. The first kappa shape index (κ1) is 14.2. The van der Waals surface area contributed by atoms with E-state index in [4.69, 9.17) is 0 Å². The van der Waals surface area contributed by atoms with Gasteiger partial charge >= 0.3 is 5.69 Å². The topological polar surface area (TPSA) is 127 Å². The summed E-state index contributed by atoms with van der Waals surface area (Å²) in [5.74, 6) is -0.224. The molecule has 1 aromatic carbocycles. The summed E-state index contributed by atoms with van der Waals surface area (Å²) < 4.78 is 0. The molecule has 1 amide bonds. The first-order valence-corrected chi connectivity index (χ1v) is 6.92. The van der Waals surface area contributed by atoms with Gasteiger partial charge in [0.05, 0.1) is 15.9 Å². The second-order valence-corrected chi connectivity index (χ2v) is 5.80. The van der Waals surface area contributed by atoms with Crippen molar-refractivity contribution in [2.45, 2.75) is 25.7 Å². The van der Waals surface area contributed by atoms with E-state index in [0.29, 0.717) is 0 Å². The lowest BCUT2D eigenvalue weighted by Gasteiger charge is -2.26. The van der Waals surface area contributed by atoms with Gasteiger partial charge < -0.3 is 0 Å². The van der Waals surface area contributed by atoms with Gasteiger partial charge in [-0.15, -0.1) is 0 Å². The third-order valence-electron chi connectivity index (χ3n) is 4.56. The van der Waals surface area contributed by atoms with Gasteiger partial charge in [-0.05, 0) is 30.7 Å². The van der Waals surface area contributed by atoms with Crippen LogP contribution >= 0.6 is 0 Å². The van der Waals surface area contributed by atoms with E-state index < -0.39 is 15.5 Å². The predicted molar refractivity (Wildman–Crippen MR) is 75.9 cm³/mol. The van der Waals surface area contributed by atoms with Crippen molar-refractivity contribution in [3.8, 4) is 0 Å². The molecule has 9 nitrogen and oxygen atoms in total. The summed E-state index contributed by atoms with van der Waals surface area (Å²) in [6.07, 6.45) is 4.12. The molecule has 0 heterocycles. The van der Waals surface area contributed by atoms with Crippen molar-refractivity contribution in [2.75, 3.05) is 5.43 Å². The summed E-state index contributed by atoms with van der Waals surface area (Å²) in [7, 11) is 0. The lowest BCUT2D eigenvalue weighted by Crippen LogP contribution is -2.33. The molecule has 1 unspecified atom stereocenters. The molecular formula is C13H14N4O5. The molecule has 0 bridgehead atoms. The number of hydrogen-bond donors (Lipinski definition) is 2. The van der Waals surface area contributed by atoms with Gasteiger partial charge in [-0.25, -0.2) is 0 Å². The maximum absolute atomic E-state index is 12.0. The van der Waals surface area contributed by atoms with Crippen molar-refractivity contribution < 1.29 is 14.6 Å². The molecular weight excluding hydrogens is 292 g/mol. The number of hydrogen-bond acceptors (Lipinski definition) is 6. The highest BCUT2D eigenvalue weighted by Crippen LogP contribution is 2.65. The van der Waals surface area contributed by atoms with E-state index >= 15 is 0 Å². The zero-order valence-corrected chi connectivity index (χ0v) is 11.6. The molecule has 2 saturated carbocycles. The summed E-state index contributed by atoms with van der Waals surface area (Å²) in [5, 5.41) is 21.6. The highest BCUT2D eigenvalue weighted by atomic mass is 16.6. The van der Waals surface area contributed by atoms with Crippen LogP contribution < -0.4 is 10.9 Å². The van der Waals surface area contributed by atoms with Crippen LogP contribution in [-0.4, -0.2) is 15.8 Å². The van der Waals surface area contributed by atoms with Crippen LogP contribution in [0.5, 0.6) is 0 Å².